The molecular weight excluding hydrogens is 491 g/mol. The number of esters is 2. The first-order valence-corrected chi connectivity index (χ1v) is 12.3. The van der Waals surface area contributed by atoms with E-state index < -0.39 is 29.8 Å². The fourth-order valence-corrected chi connectivity index (χ4v) is 3.63. The zero-order valence-electron chi connectivity index (χ0n) is 22.8. The van der Waals surface area contributed by atoms with Crippen LogP contribution in [0, 0.1) is 11.8 Å². The van der Waals surface area contributed by atoms with Crippen molar-refractivity contribution in [1.29, 1.82) is 0 Å². The Kier molecular flexibility index (Phi) is 12.7. The molecule has 1 aliphatic carbocycles. The van der Waals surface area contributed by atoms with Crippen molar-refractivity contribution in [2.75, 3.05) is 6.61 Å². The van der Waals surface area contributed by atoms with Crippen molar-refractivity contribution in [2.24, 2.45) is 17.0 Å². The van der Waals surface area contributed by atoms with Gasteiger partial charge in [-0.05, 0) is 51.2 Å². The number of allylic oxidation sites excluding steroid dienone is 7. The second kappa shape index (κ2) is 14.6. The topological polar surface area (TPSA) is 83.4 Å². The Hall–Kier alpha value is -3.04. The summed E-state index contributed by atoms with van der Waals surface area (Å²) in [4.78, 5) is 29.2. The Morgan fingerprint density at radius 2 is 1.76 bits per heavy atom. The summed E-state index contributed by atoms with van der Waals surface area (Å²) >= 11 is 0. The lowest BCUT2D eigenvalue weighted by Gasteiger charge is -2.28. The van der Waals surface area contributed by atoms with Gasteiger partial charge in [0.1, 0.15) is 17.6 Å². The molecule has 2 atom stereocenters. The maximum atomic E-state index is 13.0. The summed E-state index contributed by atoms with van der Waals surface area (Å²) in [6.45, 7) is 12.8. The number of halogens is 3. The first-order chi connectivity index (χ1) is 17.2. The van der Waals surface area contributed by atoms with Crippen molar-refractivity contribution in [3.8, 4) is 0 Å². The third kappa shape index (κ3) is 10.9. The number of oxime groups is 1. The summed E-state index contributed by atoms with van der Waals surface area (Å²) in [5.41, 5.74) is -0.00834. The molecule has 0 heterocycles. The molecule has 0 saturated carbocycles. The predicted octanol–water partition coefficient (Wildman–Crippen LogP) is 6.92. The van der Waals surface area contributed by atoms with Gasteiger partial charge in [-0.1, -0.05) is 38.4 Å². The Bertz CT molecular complexity index is 973. The van der Waals surface area contributed by atoms with Crippen molar-refractivity contribution in [2.45, 2.75) is 86.9 Å². The van der Waals surface area contributed by atoms with E-state index >= 15 is 0 Å². The van der Waals surface area contributed by atoms with Gasteiger partial charge in [-0.15, -0.1) is 0 Å². The van der Waals surface area contributed by atoms with Crippen LogP contribution in [-0.4, -0.2) is 36.5 Å². The summed E-state index contributed by atoms with van der Waals surface area (Å²) in [5, 5.41) is 4.23. The minimum atomic E-state index is -4.48. The molecular formula is C27H38F3NO6. The molecule has 37 heavy (non-hydrogen) atoms. The van der Waals surface area contributed by atoms with E-state index in [1.807, 2.05) is 26.8 Å². The number of rotatable bonds is 12. The Morgan fingerprint density at radius 1 is 1.14 bits per heavy atom. The predicted molar refractivity (Wildman–Crippen MR) is 134 cm³/mol. The second-order valence-corrected chi connectivity index (χ2v) is 9.14. The second-order valence-electron chi connectivity index (χ2n) is 9.14. The molecule has 2 unspecified atom stereocenters. The van der Waals surface area contributed by atoms with Crippen molar-refractivity contribution < 1.29 is 41.8 Å². The summed E-state index contributed by atoms with van der Waals surface area (Å²) in [6.07, 6.45) is 0.125. The highest BCUT2D eigenvalue weighted by atomic mass is 19.4. The van der Waals surface area contributed by atoms with Gasteiger partial charge in [-0.25, -0.2) is 0 Å². The summed E-state index contributed by atoms with van der Waals surface area (Å²) in [7, 11) is 0. The first-order valence-electron chi connectivity index (χ1n) is 12.3. The number of carbonyl (C=O) groups excluding carboxylic acids is 2. The fraction of sp³-hybridized carbons (Fsp3) is 0.593. The minimum absolute atomic E-state index is 0.0295. The Balaban J connectivity index is 3.22. The first kappa shape index (κ1) is 32.0. The molecule has 0 aliphatic heterocycles. The van der Waals surface area contributed by atoms with Crippen LogP contribution in [0.25, 0.3) is 0 Å². The monoisotopic (exact) mass is 529 g/mol. The lowest BCUT2D eigenvalue weighted by molar-refractivity contribution is -0.137. The van der Waals surface area contributed by atoms with Crippen LogP contribution in [0.3, 0.4) is 0 Å². The van der Waals surface area contributed by atoms with Gasteiger partial charge in [0.15, 0.2) is 6.61 Å². The molecule has 0 spiro atoms. The van der Waals surface area contributed by atoms with Crippen LogP contribution in [0.5, 0.6) is 0 Å². The molecule has 0 aromatic carbocycles. The lowest BCUT2D eigenvalue weighted by Crippen LogP contribution is -2.23. The van der Waals surface area contributed by atoms with Gasteiger partial charge in [-0.3, -0.25) is 9.59 Å². The Labute approximate surface area is 217 Å². The molecule has 1 rings (SSSR count). The van der Waals surface area contributed by atoms with Crippen LogP contribution in [0.1, 0.15) is 74.7 Å². The van der Waals surface area contributed by atoms with E-state index in [2.05, 4.69) is 5.16 Å². The number of hydrogen-bond acceptors (Lipinski definition) is 7. The molecule has 10 heteroatoms. The van der Waals surface area contributed by atoms with Crippen molar-refractivity contribution in [1.82, 2.24) is 0 Å². The van der Waals surface area contributed by atoms with E-state index in [1.165, 1.54) is 27.7 Å². The maximum Gasteiger partial charge on any atom is 0.416 e. The molecule has 7 nitrogen and oxygen atoms in total. The SMILES string of the molecule is C/C=C(\C=C(/C)OC(C)CO/N=C(\CCC)C1=C(OC(C)=O)CC(C(C)C)C=C1OC(C)=O)C(F)(F)F. The summed E-state index contributed by atoms with van der Waals surface area (Å²) in [5.74, 6) is -0.219. The van der Waals surface area contributed by atoms with Crippen LogP contribution < -0.4 is 0 Å². The molecule has 0 fully saturated rings. The van der Waals surface area contributed by atoms with Crippen LogP contribution in [0.15, 0.2) is 51.8 Å². The molecule has 0 amide bonds. The van der Waals surface area contributed by atoms with E-state index in [0.29, 0.717) is 36.3 Å². The molecule has 0 radical (unpaired) electrons. The average molecular weight is 530 g/mol. The van der Waals surface area contributed by atoms with Crippen molar-refractivity contribution in [3.63, 3.8) is 0 Å². The largest absolute Gasteiger partial charge is 0.492 e. The highest BCUT2D eigenvalue weighted by Crippen LogP contribution is 2.36. The summed E-state index contributed by atoms with van der Waals surface area (Å²) in [6, 6.07) is 0. The van der Waals surface area contributed by atoms with Gasteiger partial charge in [0.05, 0.1) is 22.6 Å². The number of alkyl halides is 3. The fourth-order valence-electron chi connectivity index (χ4n) is 3.63. The zero-order valence-corrected chi connectivity index (χ0v) is 22.8. The van der Waals surface area contributed by atoms with Gasteiger partial charge in [0, 0.05) is 20.3 Å². The van der Waals surface area contributed by atoms with E-state index in [9.17, 15) is 22.8 Å². The molecule has 0 aromatic heterocycles. The van der Waals surface area contributed by atoms with Crippen molar-refractivity contribution >= 4 is 17.7 Å². The minimum Gasteiger partial charge on any atom is -0.492 e. The highest BCUT2D eigenvalue weighted by molar-refractivity contribution is 6.04. The number of carbonyl (C=O) groups is 2. The van der Waals surface area contributed by atoms with E-state index in [1.54, 1.807) is 6.92 Å². The molecule has 1 aliphatic rings. The van der Waals surface area contributed by atoms with Crippen LogP contribution >= 0.6 is 0 Å². The standard InChI is InChI=1S/C27H38F3NO6/c1-9-11-23(31-34-15-18(6)35-17(5)12-22(10-2)27(28,29)30)26-24(36-19(7)32)13-21(16(3)4)14-25(26)37-20(8)33/h10,12-13,16,18,21H,9,11,14-15H2,1-8H3/b17-12+,22-10+,31-23+. The average Bonchev–Trinajstić information content (AvgIpc) is 2.75. The van der Waals surface area contributed by atoms with Crippen molar-refractivity contribution in [3.05, 3.63) is 46.7 Å². The van der Waals surface area contributed by atoms with E-state index in [4.69, 9.17) is 19.0 Å². The molecule has 0 saturated heterocycles. The molecule has 0 bridgehead atoms. The quantitative estimate of drug-likeness (QED) is 0.0898. The third-order valence-electron chi connectivity index (χ3n) is 5.33. The van der Waals surface area contributed by atoms with Gasteiger partial charge in [0.2, 0.25) is 0 Å². The normalized spacial score (nSPS) is 18.4. The maximum absolute atomic E-state index is 13.0. The van der Waals surface area contributed by atoms with Crippen LogP contribution in [0.4, 0.5) is 13.2 Å². The number of nitrogens with zero attached hydrogens (tertiary/aromatic N) is 1. The van der Waals surface area contributed by atoms with Crippen LogP contribution in [-0.2, 0) is 28.6 Å². The number of hydrogen-bond donors (Lipinski definition) is 0. The van der Waals surface area contributed by atoms with E-state index in [-0.39, 0.29) is 30.0 Å². The molecule has 0 aromatic rings. The smallest absolute Gasteiger partial charge is 0.416 e. The third-order valence-corrected chi connectivity index (χ3v) is 5.33. The highest BCUT2D eigenvalue weighted by Gasteiger charge is 2.32. The number of ether oxygens (including phenoxy) is 3. The Morgan fingerprint density at radius 3 is 2.24 bits per heavy atom. The van der Waals surface area contributed by atoms with Gasteiger partial charge in [-0.2, -0.15) is 13.2 Å². The molecule has 208 valence electrons. The van der Waals surface area contributed by atoms with Gasteiger partial charge < -0.3 is 19.0 Å². The lowest BCUT2D eigenvalue weighted by atomic mass is 9.84. The summed E-state index contributed by atoms with van der Waals surface area (Å²) < 4.78 is 55.4. The van der Waals surface area contributed by atoms with E-state index in [0.717, 1.165) is 12.2 Å². The van der Waals surface area contributed by atoms with Gasteiger partial charge >= 0.3 is 18.1 Å². The van der Waals surface area contributed by atoms with Crippen LogP contribution in [0.2, 0.25) is 0 Å². The zero-order chi connectivity index (χ0) is 28.3. The molecule has 0 N–H and O–H groups in total. The van der Waals surface area contributed by atoms with Gasteiger partial charge in [0.25, 0.3) is 0 Å².